The molecule has 0 rings (SSSR count). The van der Waals surface area contributed by atoms with Gasteiger partial charge in [0.05, 0.1) is 33.8 Å². The molecule has 0 saturated carbocycles. The van der Waals surface area contributed by atoms with Gasteiger partial charge in [-0.1, -0.05) is 280 Å². The number of ether oxygens (including phenoxy) is 1. The summed E-state index contributed by atoms with van der Waals surface area (Å²) in [6, 6.07) is -0.899. The minimum absolute atomic E-state index is 0.0269. The first kappa shape index (κ1) is 79.5. The van der Waals surface area contributed by atoms with Crippen molar-refractivity contribution in [2.24, 2.45) is 0 Å². The van der Waals surface area contributed by atoms with Crippen LogP contribution in [0.5, 0.6) is 0 Å². The zero-order valence-corrected chi connectivity index (χ0v) is 55.6. The average Bonchev–Trinajstić information content (AvgIpc) is 3.44. The molecular weight excluding hydrogens is 1040 g/mol. The Hall–Kier alpha value is -2.55. The van der Waals surface area contributed by atoms with E-state index in [1.165, 1.54) is 193 Å². The van der Waals surface area contributed by atoms with E-state index >= 15 is 0 Å². The molecular formula is C72H133N2O7P. The molecule has 0 bridgehead atoms. The van der Waals surface area contributed by atoms with Crippen molar-refractivity contribution in [3.63, 3.8) is 0 Å². The zero-order valence-electron chi connectivity index (χ0n) is 54.7. The Bertz CT molecular complexity index is 1630. The van der Waals surface area contributed by atoms with Crippen molar-refractivity contribution in [3.05, 3.63) is 72.9 Å². The first-order valence-electron chi connectivity index (χ1n) is 34.7. The minimum Gasteiger partial charge on any atom is -0.756 e. The number of rotatable bonds is 63. The third-order valence-corrected chi connectivity index (χ3v) is 16.3. The molecule has 478 valence electrons. The van der Waals surface area contributed by atoms with Gasteiger partial charge in [0, 0.05) is 12.8 Å². The second-order valence-electron chi connectivity index (χ2n) is 24.7. The van der Waals surface area contributed by atoms with Gasteiger partial charge >= 0.3 is 5.97 Å². The van der Waals surface area contributed by atoms with Gasteiger partial charge in [0.2, 0.25) is 5.91 Å². The molecule has 3 atom stereocenters. The monoisotopic (exact) mass is 1170 g/mol. The van der Waals surface area contributed by atoms with Gasteiger partial charge < -0.3 is 28.5 Å². The van der Waals surface area contributed by atoms with Crippen LogP contribution in [0.3, 0.4) is 0 Å². The van der Waals surface area contributed by atoms with Crippen LogP contribution in [0, 0.1) is 0 Å². The van der Waals surface area contributed by atoms with Crippen LogP contribution in [0.2, 0.25) is 0 Å². The molecule has 10 heteroatoms. The number of nitrogens with one attached hydrogen (secondary N) is 1. The van der Waals surface area contributed by atoms with Crippen molar-refractivity contribution in [3.8, 4) is 0 Å². The fourth-order valence-electron chi connectivity index (χ4n) is 9.97. The number of allylic oxidation sites excluding steroid dienone is 11. The van der Waals surface area contributed by atoms with E-state index < -0.39 is 26.6 Å². The number of nitrogens with zero attached hydrogens (tertiary/aromatic N) is 1. The Balaban J connectivity index is 5.14. The van der Waals surface area contributed by atoms with E-state index in [2.05, 4.69) is 86.8 Å². The predicted octanol–water partition coefficient (Wildman–Crippen LogP) is 21.3. The molecule has 0 aromatic heterocycles. The number of quaternary nitrogens is 1. The number of phosphoric ester groups is 1. The molecule has 0 aliphatic heterocycles. The number of unbranched alkanes of at least 4 members (excludes halogenated alkanes) is 37. The normalized spacial score (nSPS) is 14.0. The fraction of sp³-hybridized carbons (Fsp3) is 0.806. The number of likely N-dealkylation sites (N-methyl/N-ethyl adjacent to an activating group) is 1. The second-order valence-corrected chi connectivity index (χ2v) is 26.1. The van der Waals surface area contributed by atoms with Gasteiger partial charge in [-0.2, -0.15) is 0 Å². The van der Waals surface area contributed by atoms with Crippen molar-refractivity contribution in [2.45, 2.75) is 335 Å². The van der Waals surface area contributed by atoms with Gasteiger partial charge in [-0.25, -0.2) is 0 Å². The number of esters is 1. The average molecular weight is 1170 g/mol. The number of hydrogen-bond acceptors (Lipinski definition) is 7. The maximum Gasteiger partial charge on any atom is 0.306 e. The maximum atomic E-state index is 13.6. The molecule has 82 heavy (non-hydrogen) atoms. The van der Waals surface area contributed by atoms with Gasteiger partial charge in [-0.3, -0.25) is 14.2 Å². The lowest BCUT2D eigenvalue weighted by Crippen LogP contribution is -2.47. The summed E-state index contributed by atoms with van der Waals surface area (Å²) in [7, 11) is 1.18. The zero-order chi connectivity index (χ0) is 60.0. The van der Waals surface area contributed by atoms with E-state index in [9.17, 15) is 19.0 Å². The molecule has 1 N–H and O–H groups in total. The highest BCUT2D eigenvalue weighted by Gasteiger charge is 2.27. The van der Waals surface area contributed by atoms with Crippen LogP contribution in [0.4, 0.5) is 0 Å². The molecule has 9 nitrogen and oxygen atoms in total. The Morgan fingerprint density at radius 2 is 0.744 bits per heavy atom. The molecule has 0 saturated heterocycles. The van der Waals surface area contributed by atoms with Crippen molar-refractivity contribution in [1.82, 2.24) is 5.32 Å². The van der Waals surface area contributed by atoms with Crippen molar-refractivity contribution >= 4 is 19.7 Å². The fourth-order valence-corrected chi connectivity index (χ4v) is 10.7. The molecule has 0 fully saturated rings. The van der Waals surface area contributed by atoms with Crippen LogP contribution in [-0.4, -0.2) is 69.4 Å². The summed E-state index contributed by atoms with van der Waals surface area (Å²) in [6.07, 6.45) is 80.2. The number of amides is 1. The highest BCUT2D eigenvalue weighted by molar-refractivity contribution is 7.45. The summed E-state index contributed by atoms with van der Waals surface area (Å²) in [5, 5.41) is 3.04. The van der Waals surface area contributed by atoms with Crippen LogP contribution in [0.15, 0.2) is 72.9 Å². The van der Waals surface area contributed by atoms with E-state index in [4.69, 9.17) is 13.8 Å². The van der Waals surface area contributed by atoms with Crippen LogP contribution >= 0.6 is 7.82 Å². The molecule has 0 aliphatic carbocycles. The van der Waals surface area contributed by atoms with Crippen molar-refractivity contribution < 1.29 is 37.3 Å². The summed E-state index contributed by atoms with van der Waals surface area (Å²) in [5.74, 6) is -0.554. The molecule has 0 aromatic carbocycles. The summed E-state index contributed by atoms with van der Waals surface area (Å²) >= 11 is 0. The smallest absolute Gasteiger partial charge is 0.306 e. The first-order valence-corrected chi connectivity index (χ1v) is 36.2. The van der Waals surface area contributed by atoms with E-state index in [0.29, 0.717) is 23.9 Å². The molecule has 0 heterocycles. The standard InChI is InChI=1S/C72H133N2O7P/c1-7-10-13-16-19-22-25-28-30-32-34-36-37-39-40-42-44-46-49-52-55-58-61-64-71(75)73-69(68-80-82(77,78)79-67-66-74(4,5)6)70(63-60-57-54-51-48-27-24-21-18-15-12-9-3)81-72(76)65-62-59-56-53-50-47-45-43-41-38-35-33-31-29-26-23-20-17-14-11-8-2/h20,23,28-31,35,38,43,45,60,63,69-70H,7-19,21-22,24-27,32-34,36-37,39-42,44,46-59,61-62,64-68H2,1-6H3,(H-,73,75,77,78)/b23-20-,30-28+,31-29-,38-35-,45-43-,63-60+. The topological polar surface area (TPSA) is 114 Å². The van der Waals surface area contributed by atoms with Gasteiger partial charge in [0.25, 0.3) is 7.82 Å². The Morgan fingerprint density at radius 1 is 0.427 bits per heavy atom. The van der Waals surface area contributed by atoms with Crippen molar-refractivity contribution in [2.75, 3.05) is 40.9 Å². The van der Waals surface area contributed by atoms with Gasteiger partial charge in [-0.05, 0) is 102 Å². The van der Waals surface area contributed by atoms with Crippen LogP contribution in [0.1, 0.15) is 323 Å². The maximum absolute atomic E-state index is 13.6. The second kappa shape index (κ2) is 61.5. The molecule has 0 aromatic rings. The number of phosphoric acid groups is 1. The molecule has 3 unspecified atom stereocenters. The molecule has 0 aliphatic rings. The SMILES string of the molecule is CCCCC/C=C\C/C=C\C/C=C\C/C=C\CCCCCCCC(=O)OC(/C=C/CCCCCCCCCCCC)C(COP(=O)([O-])OCC[N+](C)(C)C)NC(=O)CCCCCCCCCCCCCCC/C=C/CCCCCCCC. The minimum atomic E-state index is -4.71. The number of hydrogen-bond donors (Lipinski definition) is 1. The van der Waals surface area contributed by atoms with Crippen molar-refractivity contribution in [1.29, 1.82) is 0 Å². The molecule has 1 amide bonds. The molecule has 0 radical (unpaired) electrons. The summed E-state index contributed by atoms with van der Waals surface area (Å²) in [4.78, 5) is 40.1. The number of carbonyl (C=O) groups is 2. The Morgan fingerprint density at radius 3 is 1.15 bits per heavy atom. The predicted molar refractivity (Wildman–Crippen MR) is 353 cm³/mol. The summed E-state index contributed by atoms with van der Waals surface area (Å²) in [5.41, 5.74) is 0. The quantitative estimate of drug-likeness (QED) is 0.0212. The third-order valence-electron chi connectivity index (χ3n) is 15.4. The Labute approximate surface area is 508 Å². The third kappa shape index (κ3) is 62.0. The Kier molecular flexibility index (Phi) is 59.6. The van der Waals surface area contributed by atoms with Crippen LogP contribution in [-0.2, 0) is 27.9 Å². The number of carbonyl (C=O) groups excluding carboxylic acids is 2. The highest BCUT2D eigenvalue weighted by atomic mass is 31.2. The molecule has 0 spiro atoms. The highest BCUT2D eigenvalue weighted by Crippen LogP contribution is 2.38. The van der Waals surface area contributed by atoms with Gasteiger partial charge in [-0.15, -0.1) is 0 Å². The lowest BCUT2D eigenvalue weighted by atomic mass is 10.0. The summed E-state index contributed by atoms with van der Waals surface area (Å²) in [6.45, 7) is 6.83. The van der Waals surface area contributed by atoms with Crippen LogP contribution in [0.25, 0.3) is 0 Å². The van der Waals surface area contributed by atoms with Gasteiger partial charge in [0.15, 0.2) is 0 Å². The largest absolute Gasteiger partial charge is 0.756 e. The lowest BCUT2D eigenvalue weighted by Gasteiger charge is -2.30. The lowest BCUT2D eigenvalue weighted by molar-refractivity contribution is -0.870. The summed E-state index contributed by atoms with van der Waals surface area (Å²) < 4.78 is 30.4. The first-order chi connectivity index (χ1) is 39.9. The van der Waals surface area contributed by atoms with E-state index in [1.807, 2.05) is 33.3 Å². The van der Waals surface area contributed by atoms with Gasteiger partial charge in [0.1, 0.15) is 19.3 Å². The van der Waals surface area contributed by atoms with E-state index in [0.717, 1.165) is 89.9 Å². The van der Waals surface area contributed by atoms with E-state index in [1.54, 1.807) is 0 Å². The van der Waals surface area contributed by atoms with E-state index in [-0.39, 0.29) is 24.9 Å². The van der Waals surface area contributed by atoms with Crippen LogP contribution < -0.4 is 10.2 Å².